The fourth-order valence-electron chi connectivity index (χ4n) is 3.77. The number of methoxy groups -OCH3 is 1. The van der Waals surface area contributed by atoms with Gasteiger partial charge in [-0.15, -0.1) is 0 Å². The van der Waals surface area contributed by atoms with E-state index in [2.05, 4.69) is 32.8 Å². The van der Waals surface area contributed by atoms with Crippen molar-refractivity contribution in [2.45, 2.75) is 50.9 Å². The first-order chi connectivity index (χ1) is 12.2. The van der Waals surface area contributed by atoms with Gasteiger partial charge >= 0.3 is 6.03 Å². The van der Waals surface area contributed by atoms with Crippen LogP contribution >= 0.6 is 0 Å². The Kier molecular flexibility index (Phi) is 4.40. The molecule has 0 fully saturated rings. The molecular formula is C18H23N5O2. The van der Waals surface area contributed by atoms with Gasteiger partial charge in [0.2, 0.25) is 0 Å². The topological polar surface area (TPSA) is 81.1 Å². The second kappa shape index (κ2) is 6.84. The third-order valence-corrected chi connectivity index (χ3v) is 4.88. The molecule has 0 saturated heterocycles. The van der Waals surface area contributed by atoms with Crippen LogP contribution in [-0.4, -0.2) is 33.9 Å². The van der Waals surface area contributed by atoms with E-state index in [4.69, 9.17) is 4.74 Å². The number of ether oxygens (including phenoxy) is 1. The predicted octanol–water partition coefficient (Wildman–Crippen LogP) is 1.73. The first kappa shape index (κ1) is 16.1. The van der Waals surface area contributed by atoms with Crippen LogP contribution in [0.15, 0.2) is 24.3 Å². The number of hydrogen-bond acceptors (Lipinski definition) is 4. The number of rotatable bonds is 4. The van der Waals surface area contributed by atoms with Crippen LogP contribution in [0, 0.1) is 0 Å². The molecule has 1 aliphatic heterocycles. The van der Waals surface area contributed by atoms with Crippen LogP contribution in [0.5, 0.6) is 0 Å². The van der Waals surface area contributed by atoms with Crippen LogP contribution in [0.25, 0.3) is 0 Å². The van der Waals surface area contributed by atoms with E-state index in [1.54, 1.807) is 7.11 Å². The van der Waals surface area contributed by atoms with Crippen molar-refractivity contribution in [3.05, 3.63) is 47.0 Å². The molecule has 132 valence electrons. The number of urea groups is 1. The van der Waals surface area contributed by atoms with Crippen molar-refractivity contribution < 1.29 is 9.53 Å². The van der Waals surface area contributed by atoms with Gasteiger partial charge in [-0.3, -0.25) is 0 Å². The fourth-order valence-corrected chi connectivity index (χ4v) is 3.77. The average molecular weight is 341 g/mol. The van der Waals surface area contributed by atoms with Crippen LogP contribution in [0.1, 0.15) is 41.7 Å². The van der Waals surface area contributed by atoms with E-state index in [1.807, 2.05) is 16.8 Å². The van der Waals surface area contributed by atoms with Gasteiger partial charge in [0.05, 0.1) is 6.04 Å². The largest absolute Gasteiger partial charge is 0.377 e. The van der Waals surface area contributed by atoms with E-state index in [1.165, 1.54) is 11.1 Å². The minimum Gasteiger partial charge on any atom is -0.377 e. The molecule has 0 saturated carbocycles. The van der Waals surface area contributed by atoms with Crippen molar-refractivity contribution in [1.29, 1.82) is 0 Å². The number of nitrogens with zero attached hydrogens (tertiary/aromatic N) is 3. The number of fused-ring (bicyclic) bond motifs is 2. The maximum Gasteiger partial charge on any atom is 0.315 e. The van der Waals surface area contributed by atoms with Gasteiger partial charge in [-0.2, -0.15) is 5.10 Å². The zero-order chi connectivity index (χ0) is 17.2. The van der Waals surface area contributed by atoms with E-state index in [-0.39, 0.29) is 18.1 Å². The number of benzene rings is 1. The monoisotopic (exact) mass is 341 g/mol. The Balaban J connectivity index is 1.38. The summed E-state index contributed by atoms with van der Waals surface area (Å²) in [5.41, 5.74) is 2.66. The highest BCUT2D eigenvalue weighted by molar-refractivity contribution is 5.75. The van der Waals surface area contributed by atoms with Crippen LogP contribution in [-0.2, 0) is 30.7 Å². The highest BCUT2D eigenvalue weighted by Crippen LogP contribution is 2.24. The normalized spacial score (nSPS) is 19.3. The van der Waals surface area contributed by atoms with E-state index in [0.717, 1.165) is 38.1 Å². The second-order valence-corrected chi connectivity index (χ2v) is 6.73. The van der Waals surface area contributed by atoms with Crippen LogP contribution in [0.3, 0.4) is 0 Å². The Morgan fingerprint density at radius 3 is 2.76 bits per heavy atom. The molecular weight excluding hydrogens is 318 g/mol. The van der Waals surface area contributed by atoms with E-state index in [9.17, 15) is 4.79 Å². The number of carbonyl (C=O) groups is 1. The molecule has 2 amide bonds. The smallest absolute Gasteiger partial charge is 0.315 e. The molecule has 2 aromatic rings. The number of nitrogens with one attached hydrogen (secondary N) is 2. The maximum atomic E-state index is 12.5. The summed E-state index contributed by atoms with van der Waals surface area (Å²) < 4.78 is 6.99. The van der Waals surface area contributed by atoms with Crippen LogP contribution in [0.4, 0.5) is 4.79 Å². The van der Waals surface area contributed by atoms with Crippen molar-refractivity contribution in [3.8, 4) is 0 Å². The molecule has 2 aliphatic rings. The quantitative estimate of drug-likeness (QED) is 0.887. The lowest BCUT2D eigenvalue weighted by atomic mass is 10.1. The van der Waals surface area contributed by atoms with Crippen molar-refractivity contribution in [1.82, 2.24) is 25.4 Å². The van der Waals surface area contributed by atoms with Gasteiger partial charge in [0, 0.05) is 19.7 Å². The lowest BCUT2D eigenvalue weighted by molar-refractivity contribution is 0.177. The molecule has 1 atom stereocenters. The standard InChI is InChI=1S/C18H23N5O2/c1-25-11-16-21-17-15(7-4-8-23(17)22-16)20-18(24)19-14-9-12-5-2-3-6-13(12)10-14/h2-3,5-6,14-15H,4,7-11H2,1H3,(H2,19,20,24). The van der Waals surface area contributed by atoms with Crippen molar-refractivity contribution in [2.75, 3.05) is 7.11 Å². The third-order valence-electron chi connectivity index (χ3n) is 4.88. The molecule has 4 rings (SSSR count). The van der Waals surface area contributed by atoms with Gasteiger partial charge < -0.3 is 15.4 Å². The summed E-state index contributed by atoms with van der Waals surface area (Å²) in [4.78, 5) is 17.0. The molecule has 1 aliphatic carbocycles. The molecule has 0 spiro atoms. The summed E-state index contributed by atoms with van der Waals surface area (Å²) in [5, 5.41) is 10.6. The SMILES string of the molecule is COCc1nc2n(n1)CCCC2NC(=O)NC1Cc2ccccc2C1. The van der Waals surface area contributed by atoms with Gasteiger partial charge in [-0.05, 0) is 36.8 Å². The molecule has 1 aromatic heterocycles. The first-order valence-corrected chi connectivity index (χ1v) is 8.79. The zero-order valence-corrected chi connectivity index (χ0v) is 14.4. The average Bonchev–Trinajstić information content (AvgIpc) is 3.18. The molecule has 25 heavy (non-hydrogen) atoms. The molecule has 0 radical (unpaired) electrons. The summed E-state index contributed by atoms with van der Waals surface area (Å²) in [6.45, 7) is 1.23. The molecule has 2 N–H and O–H groups in total. The third kappa shape index (κ3) is 3.37. The Morgan fingerprint density at radius 1 is 1.28 bits per heavy atom. The van der Waals surface area contributed by atoms with Gasteiger partial charge in [0.1, 0.15) is 12.4 Å². The Hall–Kier alpha value is -2.41. The lowest BCUT2D eigenvalue weighted by Gasteiger charge is -2.24. The molecule has 1 unspecified atom stereocenters. The van der Waals surface area contributed by atoms with Gasteiger partial charge in [0.15, 0.2) is 5.82 Å². The minimum absolute atomic E-state index is 0.101. The van der Waals surface area contributed by atoms with Crippen LogP contribution in [0.2, 0.25) is 0 Å². The number of amides is 2. The first-order valence-electron chi connectivity index (χ1n) is 8.79. The molecule has 0 bridgehead atoms. The van der Waals surface area contributed by atoms with Crippen LogP contribution < -0.4 is 10.6 Å². The Labute approximate surface area is 146 Å². The van der Waals surface area contributed by atoms with Crippen molar-refractivity contribution >= 4 is 6.03 Å². The number of hydrogen-bond donors (Lipinski definition) is 2. The summed E-state index contributed by atoms with van der Waals surface area (Å²) >= 11 is 0. The summed E-state index contributed by atoms with van der Waals surface area (Å²) in [6.07, 6.45) is 3.64. The molecule has 7 nitrogen and oxygen atoms in total. The molecule has 1 aromatic carbocycles. The maximum absolute atomic E-state index is 12.5. The van der Waals surface area contributed by atoms with Gasteiger partial charge in [0.25, 0.3) is 0 Å². The summed E-state index contributed by atoms with van der Waals surface area (Å²) in [6, 6.07) is 8.29. The van der Waals surface area contributed by atoms with E-state index < -0.39 is 0 Å². The number of aromatic nitrogens is 3. The Bertz CT molecular complexity index is 748. The van der Waals surface area contributed by atoms with Gasteiger partial charge in [-0.1, -0.05) is 24.3 Å². The van der Waals surface area contributed by atoms with Gasteiger partial charge in [-0.25, -0.2) is 14.5 Å². The highest BCUT2D eigenvalue weighted by Gasteiger charge is 2.27. The Morgan fingerprint density at radius 2 is 2.04 bits per heavy atom. The van der Waals surface area contributed by atoms with E-state index >= 15 is 0 Å². The molecule has 7 heteroatoms. The highest BCUT2D eigenvalue weighted by atomic mass is 16.5. The predicted molar refractivity (Wildman–Crippen MR) is 92.0 cm³/mol. The second-order valence-electron chi connectivity index (χ2n) is 6.73. The fraction of sp³-hybridized carbons (Fsp3) is 0.500. The minimum atomic E-state index is -0.132. The number of aryl methyl sites for hydroxylation is 1. The summed E-state index contributed by atoms with van der Waals surface area (Å²) in [7, 11) is 1.63. The van der Waals surface area contributed by atoms with E-state index in [0.29, 0.717) is 12.4 Å². The number of carbonyl (C=O) groups excluding carboxylic acids is 1. The summed E-state index contributed by atoms with van der Waals surface area (Å²) in [5.74, 6) is 1.49. The molecule has 2 heterocycles. The van der Waals surface area contributed by atoms with Crippen molar-refractivity contribution in [3.63, 3.8) is 0 Å². The van der Waals surface area contributed by atoms with Crippen molar-refractivity contribution in [2.24, 2.45) is 0 Å². The lowest BCUT2D eigenvalue weighted by Crippen LogP contribution is -2.45. The zero-order valence-electron chi connectivity index (χ0n) is 14.4.